The fraction of sp³-hybridized carbons (Fsp3) is 0.0476. The van der Waals surface area contributed by atoms with E-state index in [4.69, 9.17) is 16.0 Å². The van der Waals surface area contributed by atoms with Gasteiger partial charge in [-0.15, -0.1) is 10.2 Å². The van der Waals surface area contributed by atoms with Gasteiger partial charge in [0.05, 0.1) is 5.25 Å². The molecule has 1 heterocycles. The Labute approximate surface area is 160 Å². The standard InChI is InChI=1S/C21H13ClN2OS/c22-14-7-5-6-13(12-14)20-23-24-21(25-20)26-19-17-10-3-1-8-15(17)16-9-2-4-11-18(16)19/h1-12,19H. The van der Waals surface area contributed by atoms with E-state index in [-0.39, 0.29) is 5.25 Å². The molecule has 0 unspecified atom stereocenters. The first-order chi connectivity index (χ1) is 12.8. The molecule has 0 radical (unpaired) electrons. The van der Waals surface area contributed by atoms with Crippen molar-refractivity contribution in [3.8, 4) is 22.6 Å². The molecule has 126 valence electrons. The van der Waals surface area contributed by atoms with Gasteiger partial charge in [0.1, 0.15) is 0 Å². The summed E-state index contributed by atoms with van der Waals surface area (Å²) in [6, 6.07) is 24.4. The predicted molar refractivity (Wildman–Crippen MR) is 104 cm³/mol. The predicted octanol–water partition coefficient (Wildman–Crippen LogP) is 6.25. The van der Waals surface area contributed by atoms with Crippen LogP contribution >= 0.6 is 23.4 Å². The van der Waals surface area contributed by atoms with Crippen molar-refractivity contribution in [2.24, 2.45) is 0 Å². The zero-order valence-corrected chi connectivity index (χ0v) is 15.2. The Bertz CT molecular complexity index is 1060. The van der Waals surface area contributed by atoms with Crippen LogP contribution in [0.5, 0.6) is 0 Å². The number of aromatic nitrogens is 2. The first kappa shape index (κ1) is 15.7. The van der Waals surface area contributed by atoms with Gasteiger partial charge >= 0.3 is 0 Å². The van der Waals surface area contributed by atoms with Crippen molar-refractivity contribution >= 4 is 23.4 Å². The highest BCUT2D eigenvalue weighted by Gasteiger charge is 2.30. The van der Waals surface area contributed by atoms with Crippen LogP contribution in [0.25, 0.3) is 22.6 Å². The third-order valence-electron chi connectivity index (χ3n) is 4.47. The second-order valence-corrected chi connectivity index (χ2v) is 7.55. The number of thioether (sulfide) groups is 1. The van der Waals surface area contributed by atoms with Crippen LogP contribution < -0.4 is 0 Å². The number of fused-ring (bicyclic) bond motifs is 3. The van der Waals surface area contributed by atoms with Gasteiger partial charge in [-0.1, -0.05) is 78.0 Å². The van der Waals surface area contributed by atoms with E-state index in [0.29, 0.717) is 16.1 Å². The van der Waals surface area contributed by atoms with Crippen LogP contribution in [-0.2, 0) is 0 Å². The van der Waals surface area contributed by atoms with Crippen molar-refractivity contribution in [3.05, 3.63) is 88.9 Å². The zero-order valence-electron chi connectivity index (χ0n) is 13.6. The summed E-state index contributed by atoms with van der Waals surface area (Å²) >= 11 is 7.64. The van der Waals surface area contributed by atoms with E-state index in [1.165, 1.54) is 22.3 Å². The van der Waals surface area contributed by atoms with Gasteiger partial charge < -0.3 is 4.42 Å². The molecule has 1 aliphatic carbocycles. The molecule has 1 aliphatic rings. The van der Waals surface area contributed by atoms with Crippen molar-refractivity contribution in [1.29, 1.82) is 0 Å². The maximum Gasteiger partial charge on any atom is 0.277 e. The Morgan fingerprint density at radius 1 is 0.808 bits per heavy atom. The van der Waals surface area contributed by atoms with Crippen LogP contribution in [-0.4, -0.2) is 10.2 Å². The molecule has 0 bridgehead atoms. The first-order valence-corrected chi connectivity index (χ1v) is 9.50. The molecule has 0 fully saturated rings. The molecular weight excluding hydrogens is 364 g/mol. The molecule has 5 heteroatoms. The van der Waals surface area contributed by atoms with E-state index in [0.717, 1.165) is 5.56 Å². The lowest BCUT2D eigenvalue weighted by Crippen LogP contribution is -1.91. The third kappa shape index (κ3) is 2.62. The lowest BCUT2D eigenvalue weighted by atomic mass is 10.1. The zero-order chi connectivity index (χ0) is 17.5. The Morgan fingerprint density at radius 2 is 1.50 bits per heavy atom. The molecule has 3 aromatic carbocycles. The minimum absolute atomic E-state index is 0.148. The average molecular weight is 377 g/mol. The molecular formula is C21H13ClN2OS. The Balaban J connectivity index is 1.51. The summed E-state index contributed by atoms with van der Waals surface area (Å²) in [6.07, 6.45) is 0. The molecule has 0 amide bonds. The van der Waals surface area contributed by atoms with Gasteiger partial charge in [-0.25, -0.2) is 0 Å². The third-order valence-corrected chi connectivity index (χ3v) is 5.82. The first-order valence-electron chi connectivity index (χ1n) is 8.24. The van der Waals surface area contributed by atoms with Crippen molar-refractivity contribution in [2.45, 2.75) is 10.5 Å². The van der Waals surface area contributed by atoms with Crippen LogP contribution in [0.2, 0.25) is 5.02 Å². The number of hydrogen-bond acceptors (Lipinski definition) is 4. The highest BCUT2D eigenvalue weighted by Crippen LogP contribution is 2.51. The van der Waals surface area contributed by atoms with Gasteiger partial charge in [-0.2, -0.15) is 0 Å². The molecule has 5 rings (SSSR count). The van der Waals surface area contributed by atoms with E-state index in [1.807, 2.05) is 24.3 Å². The number of nitrogens with zero attached hydrogens (tertiary/aromatic N) is 2. The Kier molecular flexibility index (Phi) is 3.80. The summed E-state index contributed by atoms with van der Waals surface area (Å²) in [5.41, 5.74) is 5.93. The summed E-state index contributed by atoms with van der Waals surface area (Å²) in [6.45, 7) is 0. The van der Waals surface area contributed by atoms with Gasteiger partial charge in [-0.05, 0) is 40.5 Å². The Hall–Kier alpha value is -2.56. The highest BCUT2D eigenvalue weighted by atomic mass is 35.5. The second-order valence-electron chi connectivity index (χ2n) is 6.06. The maximum absolute atomic E-state index is 6.06. The van der Waals surface area contributed by atoms with Gasteiger partial charge in [0, 0.05) is 10.6 Å². The van der Waals surface area contributed by atoms with E-state index in [9.17, 15) is 0 Å². The number of rotatable bonds is 3. The maximum atomic E-state index is 6.06. The number of halogens is 1. The van der Waals surface area contributed by atoms with Crippen molar-refractivity contribution in [1.82, 2.24) is 10.2 Å². The van der Waals surface area contributed by atoms with Crippen LogP contribution in [0.1, 0.15) is 16.4 Å². The molecule has 1 aromatic heterocycles. The molecule has 0 spiro atoms. The van der Waals surface area contributed by atoms with Crippen LogP contribution in [0.3, 0.4) is 0 Å². The highest BCUT2D eigenvalue weighted by molar-refractivity contribution is 7.99. The molecule has 4 aromatic rings. The molecule has 0 aliphatic heterocycles. The quantitative estimate of drug-likeness (QED) is 0.423. The fourth-order valence-electron chi connectivity index (χ4n) is 3.33. The molecule has 3 nitrogen and oxygen atoms in total. The molecule has 0 N–H and O–H groups in total. The molecule has 26 heavy (non-hydrogen) atoms. The van der Waals surface area contributed by atoms with Gasteiger partial charge in [0.15, 0.2) is 0 Å². The normalized spacial score (nSPS) is 12.8. The van der Waals surface area contributed by atoms with Crippen molar-refractivity contribution < 1.29 is 4.42 Å². The lowest BCUT2D eigenvalue weighted by molar-refractivity contribution is 0.465. The van der Waals surface area contributed by atoms with E-state index >= 15 is 0 Å². The van der Waals surface area contributed by atoms with Gasteiger partial charge in [-0.3, -0.25) is 0 Å². The van der Waals surface area contributed by atoms with Gasteiger partial charge in [0.2, 0.25) is 5.89 Å². The van der Waals surface area contributed by atoms with Crippen LogP contribution in [0.15, 0.2) is 82.4 Å². The van der Waals surface area contributed by atoms with Crippen molar-refractivity contribution in [2.75, 3.05) is 0 Å². The largest absolute Gasteiger partial charge is 0.411 e. The van der Waals surface area contributed by atoms with E-state index in [2.05, 4.69) is 58.7 Å². The summed E-state index contributed by atoms with van der Waals surface area (Å²) in [5.74, 6) is 0.481. The average Bonchev–Trinajstić information content (AvgIpc) is 3.26. The summed E-state index contributed by atoms with van der Waals surface area (Å²) in [4.78, 5) is 0. The fourth-order valence-corrected chi connectivity index (χ4v) is 4.60. The van der Waals surface area contributed by atoms with Crippen molar-refractivity contribution in [3.63, 3.8) is 0 Å². The number of hydrogen-bond donors (Lipinski definition) is 0. The lowest BCUT2D eigenvalue weighted by Gasteiger charge is -2.09. The minimum Gasteiger partial charge on any atom is -0.411 e. The number of benzene rings is 3. The second kappa shape index (κ2) is 6.31. The smallest absolute Gasteiger partial charge is 0.277 e. The molecule has 0 atom stereocenters. The topological polar surface area (TPSA) is 38.9 Å². The SMILES string of the molecule is Clc1cccc(-c2nnc(SC3c4ccccc4-c4ccccc43)o2)c1. The minimum atomic E-state index is 0.148. The molecule has 0 saturated carbocycles. The van der Waals surface area contributed by atoms with Crippen LogP contribution in [0, 0.1) is 0 Å². The molecule has 0 saturated heterocycles. The summed E-state index contributed by atoms with van der Waals surface area (Å²) < 4.78 is 5.90. The van der Waals surface area contributed by atoms with Crippen LogP contribution in [0.4, 0.5) is 0 Å². The van der Waals surface area contributed by atoms with E-state index in [1.54, 1.807) is 11.8 Å². The van der Waals surface area contributed by atoms with Gasteiger partial charge in [0.25, 0.3) is 5.22 Å². The summed E-state index contributed by atoms with van der Waals surface area (Å²) in [5, 5.41) is 9.77. The Morgan fingerprint density at radius 3 is 2.19 bits per heavy atom. The van der Waals surface area contributed by atoms with E-state index < -0.39 is 0 Å². The summed E-state index contributed by atoms with van der Waals surface area (Å²) in [7, 11) is 0. The monoisotopic (exact) mass is 376 g/mol.